The molecule has 2 heteroatoms. The van der Waals surface area contributed by atoms with Crippen molar-refractivity contribution in [3.05, 3.63) is 28.5 Å². The number of ketones is 1. The van der Waals surface area contributed by atoms with Gasteiger partial charge in [0.15, 0.2) is 5.78 Å². The van der Waals surface area contributed by atoms with E-state index in [-0.39, 0.29) is 0 Å². The summed E-state index contributed by atoms with van der Waals surface area (Å²) >= 11 is 1.64. The second kappa shape index (κ2) is 2.87. The molecule has 1 atom stereocenters. The third-order valence-corrected chi connectivity index (χ3v) is 2.95. The molecule has 0 aromatic carbocycles. The molecule has 0 aliphatic heterocycles. The number of Topliss-reactive ketones (excluding diaryl/α,β-unsaturated/α-hetero) is 1. The lowest BCUT2D eigenvalue weighted by Crippen LogP contribution is -1.94. The Morgan fingerprint density at radius 1 is 1.58 bits per heavy atom. The van der Waals surface area contributed by atoms with Crippen LogP contribution in [0.4, 0.5) is 0 Å². The number of hydrogen-bond acceptors (Lipinski definition) is 2. The Labute approximate surface area is 75.7 Å². The molecule has 12 heavy (non-hydrogen) atoms. The Bertz CT molecular complexity index is 322. The van der Waals surface area contributed by atoms with Crippen LogP contribution in [0.1, 0.15) is 18.2 Å². The summed E-state index contributed by atoms with van der Waals surface area (Å²) in [5, 5.41) is 2.01. The van der Waals surface area contributed by atoms with Crippen LogP contribution in [-0.2, 0) is 4.79 Å². The van der Waals surface area contributed by atoms with E-state index in [1.165, 1.54) is 0 Å². The largest absolute Gasteiger partial charge is 0.294 e. The molecule has 1 heterocycles. The van der Waals surface area contributed by atoms with Crippen molar-refractivity contribution in [3.63, 3.8) is 0 Å². The lowest BCUT2D eigenvalue weighted by atomic mass is 10.1. The van der Waals surface area contributed by atoms with E-state index in [0.717, 1.165) is 10.5 Å². The van der Waals surface area contributed by atoms with Crippen molar-refractivity contribution in [3.8, 4) is 0 Å². The van der Waals surface area contributed by atoms with Crippen LogP contribution in [0.25, 0.3) is 5.57 Å². The molecule has 1 nitrogen and oxygen atoms in total. The van der Waals surface area contributed by atoms with Crippen LogP contribution in [0.15, 0.2) is 23.6 Å². The number of carbonyl (C=O) groups is 1. The normalized spacial score (nSPS) is 22.9. The first-order valence-electron chi connectivity index (χ1n) is 4.06. The van der Waals surface area contributed by atoms with E-state index >= 15 is 0 Å². The molecule has 0 fully saturated rings. The van der Waals surface area contributed by atoms with Crippen molar-refractivity contribution < 1.29 is 4.79 Å². The van der Waals surface area contributed by atoms with E-state index in [1.54, 1.807) is 11.3 Å². The van der Waals surface area contributed by atoms with Crippen LogP contribution in [0.2, 0.25) is 0 Å². The van der Waals surface area contributed by atoms with Gasteiger partial charge in [-0.2, -0.15) is 0 Å². The minimum Gasteiger partial charge on any atom is -0.294 e. The third kappa shape index (κ3) is 1.23. The molecule has 0 N–H and O–H groups in total. The standard InChI is InChI=1S/C10H10OS/c1-7-5-8(9(11)6-7)10-3-2-4-12-10/h2-5,7H,6H2,1H3. The fourth-order valence-corrected chi connectivity index (χ4v) is 2.26. The van der Waals surface area contributed by atoms with Gasteiger partial charge in [0.2, 0.25) is 0 Å². The molecule has 0 radical (unpaired) electrons. The molecule has 1 aromatic heterocycles. The van der Waals surface area contributed by atoms with E-state index in [1.807, 2.05) is 17.5 Å². The number of carbonyl (C=O) groups excluding carboxylic acids is 1. The first-order valence-corrected chi connectivity index (χ1v) is 4.94. The molecule has 0 spiro atoms. The first-order chi connectivity index (χ1) is 5.77. The van der Waals surface area contributed by atoms with Crippen LogP contribution in [0.3, 0.4) is 0 Å². The molecule has 0 saturated carbocycles. The maximum atomic E-state index is 11.4. The van der Waals surface area contributed by atoms with Gasteiger partial charge >= 0.3 is 0 Å². The maximum Gasteiger partial charge on any atom is 0.164 e. The maximum absolute atomic E-state index is 11.4. The topological polar surface area (TPSA) is 17.1 Å². The Morgan fingerprint density at radius 2 is 2.42 bits per heavy atom. The molecule has 1 aliphatic rings. The van der Waals surface area contributed by atoms with Crippen molar-refractivity contribution in [2.24, 2.45) is 5.92 Å². The van der Waals surface area contributed by atoms with Crippen LogP contribution in [0, 0.1) is 5.92 Å². The number of thiophene rings is 1. The van der Waals surface area contributed by atoms with E-state index < -0.39 is 0 Å². The van der Waals surface area contributed by atoms with Gasteiger partial charge in [-0.25, -0.2) is 0 Å². The van der Waals surface area contributed by atoms with Gasteiger partial charge in [-0.1, -0.05) is 19.1 Å². The van der Waals surface area contributed by atoms with E-state index in [0.29, 0.717) is 18.1 Å². The molecule has 62 valence electrons. The third-order valence-electron chi connectivity index (χ3n) is 2.05. The number of rotatable bonds is 1. The van der Waals surface area contributed by atoms with Crippen LogP contribution in [-0.4, -0.2) is 5.78 Å². The molecular weight excluding hydrogens is 168 g/mol. The van der Waals surface area contributed by atoms with Gasteiger partial charge in [0.25, 0.3) is 0 Å². The van der Waals surface area contributed by atoms with Gasteiger partial charge in [0.05, 0.1) is 0 Å². The Kier molecular flexibility index (Phi) is 1.85. The average Bonchev–Trinajstić information content (AvgIpc) is 2.58. The second-order valence-electron chi connectivity index (χ2n) is 3.16. The molecule has 1 unspecified atom stereocenters. The summed E-state index contributed by atoms with van der Waals surface area (Å²) in [5.74, 6) is 0.722. The number of hydrogen-bond donors (Lipinski definition) is 0. The Balaban J connectivity index is 2.36. The monoisotopic (exact) mass is 178 g/mol. The fraction of sp³-hybridized carbons (Fsp3) is 0.300. The predicted octanol–water partition coefficient (Wildman–Crippen LogP) is 2.74. The highest BCUT2D eigenvalue weighted by molar-refractivity contribution is 7.11. The minimum absolute atomic E-state index is 0.296. The molecule has 0 amide bonds. The van der Waals surface area contributed by atoms with E-state index in [4.69, 9.17) is 0 Å². The lowest BCUT2D eigenvalue weighted by molar-refractivity contribution is -0.113. The van der Waals surface area contributed by atoms with Crippen LogP contribution in [0.5, 0.6) is 0 Å². The van der Waals surface area contributed by atoms with Crippen molar-refractivity contribution in [2.45, 2.75) is 13.3 Å². The molecular formula is C10H10OS. The molecule has 2 rings (SSSR count). The van der Waals surface area contributed by atoms with Gasteiger partial charge < -0.3 is 0 Å². The lowest BCUT2D eigenvalue weighted by Gasteiger charge is -1.92. The van der Waals surface area contributed by atoms with Crippen molar-refractivity contribution in [2.75, 3.05) is 0 Å². The molecule has 0 bridgehead atoms. The fourth-order valence-electron chi connectivity index (χ4n) is 1.49. The molecule has 0 saturated heterocycles. The van der Waals surface area contributed by atoms with Gasteiger partial charge in [-0.15, -0.1) is 11.3 Å². The van der Waals surface area contributed by atoms with Gasteiger partial charge in [0.1, 0.15) is 0 Å². The summed E-state index contributed by atoms with van der Waals surface area (Å²) in [4.78, 5) is 12.5. The second-order valence-corrected chi connectivity index (χ2v) is 4.11. The summed E-state index contributed by atoms with van der Waals surface area (Å²) in [6.07, 6.45) is 2.77. The van der Waals surface area contributed by atoms with Crippen molar-refractivity contribution >= 4 is 22.7 Å². The van der Waals surface area contributed by atoms with E-state index in [9.17, 15) is 4.79 Å². The first kappa shape index (κ1) is 7.74. The zero-order chi connectivity index (χ0) is 8.55. The van der Waals surface area contributed by atoms with Gasteiger partial charge in [0, 0.05) is 16.9 Å². The van der Waals surface area contributed by atoms with Gasteiger partial charge in [-0.05, 0) is 17.4 Å². The van der Waals surface area contributed by atoms with E-state index in [2.05, 4.69) is 13.0 Å². The smallest absolute Gasteiger partial charge is 0.164 e. The number of allylic oxidation sites excluding steroid dienone is 2. The average molecular weight is 178 g/mol. The summed E-state index contributed by atoms with van der Waals surface area (Å²) in [7, 11) is 0. The highest BCUT2D eigenvalue weighted by atomic mass is 32.1. The zero-order valence-corrected chi connectivity index (χ0v) is 7.73. The summed E-state index contributed by atoms with van der Waals surface area (Å²) < 4.78 is 0. The van der Waals surface area contributed by atoms with Crippen molar-refractivity contribution in [1.29, 1.82) is 0 Å². The predicted molar refractivity (Wildman–Crippen MR) is 51.1 cm³/mol. The Morgan fingerprint density at radius 3 is 2.92 bits per heavy atom. The highest BCUT2D eigenvalue weighted by Gasteiger charge is 2.22. The summed E-state index contributed by atoms with van der Waals surface area (Å²) in [5.41, 5.74) is 0.928. The summed E-state index contributed by atoms with van der Waals surface area (Å²) in [6.45, 7) is 2.08. The Hall–Kier alpha value is -0.890. The quantitative estimate of drug-likeness (QED) is 0.646. The van der Waals surface area contributed by atoms with Crippen LogP contribution < -0.4 is 0 Å². The minimum atomic E-state index is 0.296. The highest BCUT2D eigenvalue weighted by Crippen LogP contribution is 2.30. The van der Waals surface area contributed by atoms with Gasteiger partial charge in [-0.3, -0.25) is 4.79 Å². The SMILES string of the molecule is CC1C=C(c2cccs2)C(=O)C1. The zero-order valence-electron chi connectivity index (χ0n) is 6.91. The van der Waals surface area contributed by atoms with Crippen LogP contribution >= 0.6 is 11.3 Å². The molecule has 1 aromatic rings. The molecule has 1 aliphatic carbocycles. The van der Waals surface area contributed by atoms with Crippen molar-refractivity contribution in [1.82, 2.24) is 0 Å². The summed E-state index contributed by atoms with van der Waals surface area (Å²) in [6, 6.07) is 3.99.